The van der Waals surface area contributed by atoms with Gasteiger partial charge in [0.15, 0.2) is 0 Å². The Morgan fingerprint density at radius 3 is 2.17 bits per heavy atom. The summed E-state index contributed by atoms with van der Waals surface area (Å²) in [6, 6.07) is 17.9. The minimum Gasteiger partial charge on any atom is -0.325 e. The Hall–Kier alpha value is -2.68. The maximum Gasteiger partial charge on any atom is 0.241 e. The minimum atomic E-state index is -0.156. The van der Waals surface area contributed by atoms with E-state index < -0.39 is 0 Å². The molecule has 1 amide bonds. The molecule has 0 aromatic heterocycles. The lowest BCUT2D eigenvalue weighted by Crippen LogP contribution is -2.52. The van der Waals surface area contributed by atoms with Crippen molar-refractivity contribution in [3.05, 3.63) is 65.2 Å². The molecule has 0 bridgehead atoms. The Balaban J connectivity index is 1.47. The Bertz CT molecular complexity index is 844. The number of hydrogen-bond donors (Lipinski definition) is 1. The van der Waals surface area contributed by atoms with Gasteiger partial charge in [-0.1, -0.05) is 38.1 Å². The standard InChI is InChI=1S/C24H30N4O/c1-18(2)22-8-10-23(11-9-22)26-24(29)19(3)28-14-12-27(13-15-28)17-21-6-4-20(16-25)5-7-21/h4-11,18-19H,12-15,17H2,1-3H3,(H,26,29)/t19-/m1/s1. The second kappa shape index (κ2) is 9.69. The Kier molecular flexibility index (Phi) is 7.03. The van der Waals surface area contributed by atoms with Crippen LogP contribution in [0.5, 0.6) is 0 Å². The van der Waals surface area contributed by atoms with E-state index in [0.29, 0.717) is 11.5 Å². The topological polar surface area (TPSA) is 59.4 Å². The van der Waals surface area contributed by atoms with Crippen molar-refractivity contribution in [1.29, 1.82) is 5.26 Å². The summed E-state index contributed by atoms with van der Waals surface area (Å²) in [5, 5.41) is 12.0. The van der Waals surface area contributed by atoms with E-state index in [-0.39, 0.29) is 11.9 Å². The third kappa shape index (κ3) is 5.66. The van der Waals surface area contributed by atoms with E-state index >= 15 is 0 Å². The van der Waals surface area contributed by atoms with Crippen molar-refractivity contribution in [2.45, 2.75) is 39.3 Å². The van der Waals surface area contributed by atoms with Gasteiger partial charge in [0.25, 0.3) is 0 Å². The van der Waals surface area contributed by atoms with Crippen molar-refractivity contribution >= 4 is 11.6 Å². The molecular weight excluding hydrogens is 360 g/mol. The largest absolute Gasteiger partial charge is 0.325 e. The van der Waals surface area contributed by atoms with Crippen LogP contribution in [0.2, 0.25) is 0 Å². The molecule has 1 heterocycles. The lowest BCUT2D eigenvalue weighted by Gasteiger charge is -2.37. The number of benzene rings is 2. The molecule has 0 radical (unpaired) electrons. The van der Waals surface area contributed by atoms with Crippen LogP contribution < -0.4 is 5.32 Å². The zero-order valence-electron chi connectivity index (χ0n) is 17.6. The fraction of sp³-hybridized carbons (Fsp3) is 0.417. The van der Waals surface area contributed by atoms with Gasteiger partial charge in [-0.05, 0) is 48.2 Å². The van der Waals surface area contributed by atoms with Crippen LogP contribution >= 0.6 is 0 Å². The molecule has 2 aromatic rings. The van der Waals surface area contributed by atoms with Crippen LogP contribution in [0.3, 0.4) is 0 Å². The molecule has 1 aliphatic heterocycles. The molecule has 152 valence electrons. The van der Waals surface area contributed by atoms with Crippen molar-refractivity contribution in [2.75, 3.05) is 31.5 Å². The van der Waals surface area contributed by atoms with Crippen LogP contribution in [0.25, 0.3) is 0 Å². The molecular formula is C24H30N4O. The Morgan fingerprint density at radius 1 is 1.00 bits per heavy atom. The summed E-state index contributed by atoms with van der Waals surface area (Å²) >= 11 is 0. The van der Waals surface area contributed by atoms with Gasteiger partial charge in [0.05, 0.1) is 17.7 Å². The van der Waals surface area contributed by atoms with Crippen molar-refractivity contribution in [2.24, 2.45) is 0 Å². The van der Waals surface area contributed by atoms with Crippen LogP contribution in [0.4, 0.5) is 5.69 Å². The summed E-state index contributed by atoms with van der Waals surface area (Å²) < 4.78 is 0. The molecule has 5 nitrogen and oxygen atoms in total. The van der Waals surface area contributed by atoms with Crippen LogP contribution in [0.1, 0.15) is 43.4 Å². The molecule has 1 fully saturated rings. The SMILES string of the molecule is CC(C)c1ccc(NC(=O)[C@@H](C)N2CCN(Cc3ccc(C#N)cc3)CC2)cc1. The lowest BCUT2D eigenvalue weighted by molar-refractivity contribution is -0.121. The monoisotopic (exact) mass is 390 g/mol. The van der Waals surface area contributed by atoms with E-state index in [1.54, 1.807) is 0 Å². The predicted octanol–water partition coefficient (Wildman–Crippen LogP) is 3.83. The first kappa shape index (κ1) is 21.0. The van der Waals surface area contributed by atoms with E-state index in [4.69, 9.17) is 5.26 Å². The molecule has 0 spiro atoms. The highest BCUT2D eigenvalue weighted by Crippen LogP contribution is 2.18. The van der Waals surface area contributed by atoms with Gasteiger partial charge in [0.2, 0.25) is 5.91 Å². The smallest absolute Gasteiger partial charge is 0.241 e. The second-order valence-corrected chi connectivity index (χ2v) is 8.06. The average molecular weight is 391 g/mol. The van der Waals surface area contributed by atoms with E-state index in [1.807, 2.05) is 43.3 Å². The van der Waals surface area contributed by atoms with Gasteiger partial charge < -0.3 is 5.32 Å². The molecule has 5 heteroatoms. The van der Waals surface area contributed by atoms with E-state index in [1.165, 1.54) is 11.1 Å². The lowest BCUT2D eigenvalue weighted by atomic mass is 10.0. The van der Waals surface area contributed by atoms with E-state index in [2.05, 4.69) is 47.2 Å². The third-order valence-corrected chi connectivity index (χ3v) is 5.67. The average Bonchev–Trinajstić information content (AvgIpc) is 2.74. The van der Waals surface area contributed by atoms with Crippen LogP contribution in [0.15, 0.2) is 48.5 Å². The quantitative estimate of drug-likeness (QED) is 0.814. The van der Waals surface area contributed by atoms with Gasteiger partial charge >= 0.3 is 0 Å². The van der Waals surface area contributed by atoms with Crippen LogP contribution in [-0.4, -0.2) is 47.9 Å². The summed E-state index contributed by atoms with van der Waals surface area (Å²) in [6.07, 6.45) is 0. The number of carbonyl (C=O) groups is 1. The Morgan fingerprint density at radius 2 is 1.62 bits per heavy atom. The summed E-state index contributed by atoms with van der Waals surface area (Å²) in [6.45, 7) is 10.8. The molecule has 0 aliphatic carbocycles. The van der Waals surface area contributed by atoms with Gasteiger partial charge in [-0.15, -0.1) is 0 Å². The molecule has 3 rings (SSSR count). The normalized spacial score (nSPS) is 16.4. The summed E-state index contributed by atoms with van der Waals surface area (Å²) in [7, 11) is 0. The molecule has 29 heavy (non-hydrogen) atoms. The first-order chi connectivity index (χ1) is 14.0. The summed E-state index contributed by atoms with van der Waals surface area (Å²) in [4.78, 5) is 17.3. The summed E-state index contributed by atoms with van der Waals surface area (Å²) in [5.41, 5.74) is 4.03. The zero-order valence-corrected chi connectivity index (χ0v) is 17.6. The number of rotatable bonds is 6. The first-order valence-electron chi connectivity index (χ1n) is 10.3. The van der Waals surface area contributed by atoms with Crippen LogP contribution in [0, 0.1) is 11.3 Å². The molecule has 2 aromatic carbocycles. The highest BCUT2D eigenvalue weighted by Gasteiger charge is 2.25. The zero-order chi connectivity index (χ0) is 20.8. The molecule has 1 N–H and O–H groups in total. The number of hydrogen-bond acceptors (Lipinski definition) is 4. The minimum absolute atomic E-state index is 0.0443. The molecule has 1 atom stereocenters. The number of nitrogens with zero attached hydrogens (tertiary/aromatic N) is 3. The second-order valence-electron chi connectivity index (χ2n) is 8.06. The molecule has 0 unspecified atom stereocenters. The van der Waals surface area contributed by atoms with Crippen molar-refractivity contribution in [3.8, 4) is 6.07 Å². The fourth-order valence-corrected chi connectivity index (χ4v) is 3.62. The van der Waals surface area contributed by atoms with Crippen molar-refractivity contribution in [3.63, 3.8) is 0 Å². The number of piperazine rings is 1. The molecule has 0 saturated carbocycles. The van der Waals surface area contributed by atoms with Gasteiger partial charge in [-0.3, -0.25) is 14.6 Å². The van der Waals surface area contributed by atoms with Crippen molar-refractivity contribution < 1.29 is 4.79 Å². The number of amides is 1. The maximum atomic E-state index is 12.7. The molecule has 1 saturated heterocycles. The number of anilines is 1. The third-order valence-electron chi connectivity index (χ3n) is 5.67. The molecule has 1 aliphatic rings. The summed E-state index contributed by atoms with van der Waals surface area (Å²) in [5.74, 6) is 0.530. The van der Waals surface area contributed by atoms with Crippen molar-refractivity contribution in [1.82, 2.24) is 9.80 Å². The predicted molar refractivity (Wildman–Crippen MR) is 117 cm³/mol. The van der Waals surface area contributed by atoms with Gasteiger partial charge in [-0.2, -0.15) is 5.26 Å². The Labute approximate surface area is 173 Å². The van der Waals surface area contributed by atoms with Gasteiger partial charge in [0.1, 0.15) is 0 Å². The maximum absolute atomic E-state index is 12.7. The van der Waals surface area contributed by atoms with Gasteiger partial charge in [0, 0.05) is 38.4 Å². The number of nitrogens with one attached hydrogen (secondary N) is 1. The highest BCUT2D eigenvalue weighted by molar-refractivity contribution is 5.94. The first-order valence-corrected chi connectivity index (χ1v) is 10.3. The van der Waals surface area contributed by atoms with E-state index in [9.17, 15) is 4.79 Å². The van der Waals surface area contributed by atoms with Crippen LogP contribution in [-0.2, 0) is 11.3 Å². The number of nitriles is 1. The van der Waals surface area contributed by atoms with E-state index in [0.717, 1.165) is 38.4 Å². The fourth-order valence-electron chi connectivity index (χ4n) is 3.62. The highest BCUT2D eigenvalue weighted by atomic mass is 16.2. The van der Waals surface area contributed by atoms with Gasteiger partial charge in [-0.25, -0.2) is 0 Å². The number of carbonyl (C=O) groups excluding carboxylic acids is 1.